The van der Waals surface area contributed by atoms with Gasteiger partial charge in [0.2, 0.25) is 0 Å². The Bertz CT molecular complexity index is 1300. The topological polar surface area (TPSA) is 42.2 Å². The second-order valence-electron chi connectivity index (χ2n) is 7.48. The molecule has 0 saturated carbocycles. The largest absolute Gasteiger partial charge is 0.455 e. The fourth-order valence-electron chi connectivity index (χ4n) is 3.67. The number of fused-ring (bicyclic) bond motifs is 1. The first-order valence-corrected chi connectivity index (χ1v) is 9.70. The quantitative estimate of drug-likeness (QED) is 0.420. The van der Waals surface area contributed by atoms with Gasteiger partial charge >= 0.3 is 0 Å². The highest BCUT2D eigenvalue weighted by atomic mass is 19.2. The van der Waals surface area contributed by atoms with Gasteiger partial charge in [0.1, 0.15) is 11.3 Å². The fourth-order valence-corrected chi connectivity index (χ4v) is 3.67. The first-order valence-electron chi connectivity index (χ1n) is 9.70. The average molecular weight is 405 g/mol. The third kappa shape index (κ3) is 3.59. The highest BCUT2D eigenvalue weighted by Crippen LogP contribution is 2.32. The van der Waals surface area contributed by atoms with Crippen LogP contribution in [0.3, 0.4) is 0 Å². The van der Waals surface area contributed by atoms with Gasteiger partial charge in [0.25, 0.3) is 0 Å². The molecule has 4 aromatic rings. The molecule has 0 amide bonds. The van der Waals surface area contributed by atoms with Crippen molar-refractivity contribution in [3.8, 4) is 11.3 Å². The Morgan fingerprint density at radius 1 is 0.933 bits per heavy atom. The molecular formula is C25H21F2NO2. The van der Waals surface area contributed by atoms with Crippen molar-refractivity contribution in [2.75, 3.05) is 5.32 Å². The Labute approximate surface area is 173 Å². The molecule has 3 nitrogen and oxygen atoms in total. The zero-order valence-electron chi connectivity index (χ0n) is 16.9. The van der Waals surface area contributed by atoms with Gasteiger partial charge in [-0.1, -0.05) is 36.4 Å². The summed E-state index contributed by atoms with van der Waals surface area (Å²) in [7, 11) is 0. The molecule has 1 aromatic heterocycles. The molecule has 0 spiro atoms. The van der Waals surface area contributed by atoms with Crippen molar-refractivity contribution in [1.29, 1.82) is 0 Å². The highest BCUT2D eigenvalue weighted by Gasteiger charge is 2.19. The van der Waals surface area contributed by atoms with Gasteiger partial charge in [-0.2, -0.15) is 0 Å². The normalized spacial score (nSPS) is 12.2. The van der Waals surface area contributed by atoms with E-state index in [1.54, 1.807) is 6.92 Å². The van der Waals surface area contributed by atoms with Gasteiger partial charge in [0, 0.05) is 28.4 Å². The van der Waals surface area contributed by atoms with Crippen molar-refractivity contribution >= 4 is 16.7 Å². The van der Waals surface area contributed by atoms with Gasteiger partial charge in [0.15, 0.2) is 17.1 Å². The Morgan fingerprint density at radius 2 is 1.67 bits per heavy atom. The maximum atomic E-state index is 13.6. The molecule has 4 rings (SSSR count). The number of anilines is 1. The van der Waals surface area contributed by atoms with Gasteiger partial charge in [-0.05, 0) is 44.5 Å². The summed E-state index contributed by atoms with van der Waals surface area (Å²) in [5.74, 6) is -1.30. The number of benzene rings is 3. The number of halogens is 2. The lowest BCUT2D eigenvalue weighted by Gasteiger charge is -2.19. The Morgan fingerprint density at radius 3 is 2.37 bits per heavy atom. The Hall–Kier alpha value is -3.47. The van der Waals surface area contributed by atoms with Crippen LogP contribution in [0.2, 0.25) is 0 Å². The van der Waals surface area contributed by atoms with Crippen molar-refractivity contribution < 1.29 is 13.2 Å². The second-order valence-corrected chi connectivity index (χ2v) is 7.48. The maximum Gasteiger partial charge on any atom is 0.196 e. The van der Waals surface area contributed by atoms with Crippen LogP contribution in [0.1, 0.15) is 29.7 Å². The van der Waals surface area contributed by atoms with Crippen LogP contribution >= 0.6 is 0 Å². The van der Waals surface area contributed by atoms with Crippen LogP contribution in [0, 0.1) is 25.5 Å². The molecule has 0 unspecified atom stereocenters. The van der Waals surface area contributed by atoms with Gasteiger partial charge in [-0.3, -0.25) is 4.79 Å². The molecule has 3 aromatic carbocycles. The van der Waals surface area contributed by atoms with Crippen LogP contribution in [-0.2, 0) is 0 Å². The van der Waals surface area contributed by atoms with Crippen molar-refractivity contribution in [3.05, 3.63) is 99.2 Å². The third-order valence-corrected chi connectivity index (χ3v) is 5.20. The van der Waals surface area contributed by atoms with E-state index in [2.05, 4.69) is 5.32 Å². The molecule has 152 valence electrons. The number of nitrogens with one attached hydrogen (secondary N) is 1. The van der Waals surface area contributed by atoms with E-state index in [4.69, 9.17) is 4.42 Å². The molecule has 0 aliphatic carbocycles. The van der Waals surface area contributed by atoms with Crippen molar-refractivity contribution in [2.45, 2.75) is 26.8 Å². The van der Waals surface area contributed by atoms with Crippen LogP contribution in [0.5, 0.6) is 0 Å². The predicted octanol–water partition coefficient (Wildman–Crippen LogP) is 6.53. The molecule has 1 atom stereocenters. The molecule has 30 heavy (non-hydrogen) atoms. The van der Waals surface area contributed by atoms with E-state index in [9.17, 15) is 13.6 Å². The molecule has 0 saturated heterocycles. The van der Waals surface area contributed by atoms with Crippen LogP contribution in [0.15, 0.2) is 69.9 Å². The summed E-state index contributed by atoms with van der Waals surface area (Å²) in [5.41, 5.74) is 3.89. The fraction of sp³-hybridized carbons (Fsp3) is 0.160. The number of rotatable bonds is 4. The Kier molecular flexibility index (Phi) is 5.12. The second kappa shape index (κ2) is 7.75. The molecule has 1 heterocycles. The summed E-state index contributed by atoms with van der Waals surface area (Å²) in [6, 6.07) is 16.6. The lowest BCUT2D eigenvalue weighted by molar-refractivity contribution is 0.509. The number of hydrogen-bond donors (Lipinski definition) is 1. The summed E-state index contributed by atoms with van der Waals surface area (Å²) in [6.07, 6.45) is 0. The molecule has 0 aliphatic heterocycles. The molecule has 5 heteroatoms. The zero-order valence-corrected chi connectivity index (χ0v) is 16.9. The van der Waals surface area contributed by atoms with E-state index >= 15 is 0 Å². The SMILES string of the molecule is Cc1cc([C@@H](C)Nc2ccc(F)c(F)c2)c2oc(-c3ccccc3)c(C)c(=O)c2c1. The molecule has 0 bridgehead atoms. The Balaban J connectivity index is 1.87. The van der Waals surface area contributed by atoms with Gasteiger partial charge in [-0.15, -0.1) is 0 Å². The summed E-state index contributed by atoms with van der Waals surface area (Å²) in [6.45, 7) is 5.56. The smallest absolute Gasteiger partial charge is 0.196 e. The van der Waals surface area contributed by atoms with Crippen LogP contribution in [0.25, 0.3) is 22.3 Å². The minimum atomic E-state index is -0.921. The van der Waals surface area contributed by atoms with E-state index in [0.29, 0.717) is 28.0 Å². The summed E-state index contributed by atoms with van der Waals surface area (Å²) < 4.78 is 33.1. The molecule has 0 fully saturated rings. The van der Waals surface area contributed by atoms with Crippen LogP contribution in [0.4, 0.5) is 14.5 Å². The molecule has 1 N–H and O–H groups in total. The predicted molar refractivity (Wildman–Crippen MR) is 116 cm³/mol. The van der Waals surface area contributed by atoms with Gasteiger partial charge < -0.3 is 9.73 Å². The zero-order chi connectivity index (χ0) is 21.4. The molecule has 0 radical (unpaired) electrons. The van der Waals surface area contributed by atoms with E-state index in [1.807, 2.05) is 56.3 Å². The van der Waals surface area contributed by atoms with Gasteiger partial charge in [0.05, 0.1) is 11.4 Å². The van der Waals surface area contributed by atoms with E-state index in [-0.39, 0.29) is 11.5 Å². The molecular weight excluding hydrogens is 384 g/mol. The highest BCUT2D eigenvalue weighted by molar-refractivity contribution is 5.84. The molecule has 0 aliphatic rings. The first kappa shape index (κ1) is 19.8. The third-order valence-electron chi connectivity index (χ3n) is 5.20. The number of aryl methyl sites for hydroxylation is 1. The minimum Gasteiger partial charge on any atom is -0.455 e. The van der Waals surface area contributed by atoms with E-state index in [1.165, 1.54) is 6.07 Å². The number of hydrogen-bond acceptors (Lipinski definition) is 3. The van der Waals surface area contributed by atoms with E-state index < -0.39 is 11.6 Å². The standard InChI is InChI=1S/C25H21F2NO2/c1-14-11-19(16(3)28-18-9-10-21(26)22(27)13-18)25-20(12-14)23(29)15(2)24(30-25)17-7-5-4-6-8-17/h4-13,16,28H,1-3H3/t16-/m1/s1. The monoisotopic (exact) mass is 405 g/mol. The summed E-state index contributed by atoms with van der Waals surface area (Å²) >= 11 is 0. The lowest BCUT2D eigenvalue weighted by atomic mass is 9.99. The van der Waals surface area contributed by atoms with Crippen molar-refractivity contribution in [1.82, 2.24) is 0 Å². The van der Waals surface area contributed by atoms with Crippen LogP contribution < -0.4 is 10.7 Å². The average Bonchev–Trinajstić information content (AvgIpc) is 2.73. The summed E-state index contributed by atoms with van der Waals surface area (Å²) in [4.78, 5) is 13.1. The van der Waals surface area contributed by atoms with Crippen molar-refractivity contribution in [3.63, 3.8) is 0 Å². The minimum absolute atomic E-state index is 0.0833. The van der Waals surface area contributed by atoms with Crippen LogP contribution in [-0.4, -0.2) is 0 Å². The summed E-state index contributed by atoms with van der Waals surface area (Å²) in [5, 5.41) is 3.67. The lowest BCUT2D eigenvalue weighted by Crippen LogP contribution is -2.12. The maximum absolute atomic E-state index is 13.6. The van der Waals surface area contributed by atoms with Crippen molar-refractivity contribution in [2.24, 2.45) is 0 Å². The first-order chi connectivity index (χ1) is 14.3. The van der Waals surface area contributed by atoms with Gasteiger partial charge in [-0.25, -0.2) is 8.78 Å². The van der Waals surface area contributed by atoms with E-state index in [0.717, 1.165) is 28.8 Å².